The lowest BCUT2D eigenvalue weighted by Gasteiger charge is -2.28. The summed E-state index contributed by atoms with van der Waals surface area (Å²) in [7, 11) is 17.5. The zero-order valence-electron chi connectivity index (χ0n) is 16.8. The molecule has 0 radical (unpaired) electrons. The quantitative estimate of drug-likeness (QED) is 0.736. The molecule has 0 saturated carbocycles. The van der Waals surface area contributed by atoms with E-state index in [9.17, 15) is 0 Å². The van der Waals surface area contributed by atoms with Crippen LogP contribution in [0.1, 0.15) is 0 Å². The molecule has 2 aromatic rings. The summed E-state index contributed by atoms with van der Waals surface area (Å²) in [4.78, 5) is 8.84. The maximum Gasteiger partial charge on any atom is 0.0460 e. The molecule has 0 bridgehead atoms. The molecule has 0 unspecified atom stereocenters. The van der Waals surface area contributed by atoms with E-state index in [1.807, 2.05) is 0 Å². The molecule has 0 fully saturated rings. The van der Waals surface area contributed by atoms with Gasteiger partial charge in [-0.1, -0.05) is 20.7 Å². The second-order valence-electron chi connectivity index (χ2n) is 7.05. The topological polar surface area (TPSA) is 13.0 Å². The fourth-order valence-corrected chi connectivity index (χ4v) is 4.92. The highest BCUT2D eigenvalue weighted by Crippen LogP contribution is 2.33. The van der Waals surface area contributed by atoms with Crippen molar-refractivity contribution < 1.29 is 0 Å². The van der Waals surface area contributed by atoms with Crippen molar-refractivity contribution in [2.24, 2.45) is 0 Å². The Kier molecular flexibility index (Phi) is 6.18. The highest BCUT2D eigenvalue weighted by Gasteiger charge is 2.18. The molecule has 4 nitrogen and oxygen atoms in total. The lowest BCUT2D eigenvalue weighted by Crippen LogP contribution is -2.27. The van der Waals surface area contributed by atoms with Gasteiger partial charge in [-0.25, -0.2) is 0 Å². The van der Waals surface area contributed by atoms with Crippen LogP contribution in [-0.4, -0.2) is 56.4 Å². The first-order chi connectivity index (χ1) is 11.7. The highest BCUT2D eigenvalue weighted by atomic mass is 31.1. The monoisotopic (exact) mass is 358 g/mol. The summed E-state index contributed by atoms with van der Waals surface area (Å²) in [5.41, 5.74) is 5.12. The first-order valence-corrected chi connectivity index (χ1v) is 9.46. The fraction of sp³-hybridized carbons (Fsp3) is 0.400. The molecule has 0 amide bonds. The van der Waals surface area contributed by atoms with Gasteiger partial charge in [-0.05, 0) is 24.3 Å². The standard InChI is InChI=1S/C20H31N4P/c1-21(2)15-11-9-12-16(22(3)4)19(15)25-20-17(23(5)6)13-10-14-18(20)24(7)8/h9-14,25H,1-8H3. The van der Waals surface area contributed by atoms with E-state index in [1.165, 1.54) is 33.4 Å². The van der Waals surface area contributed by atoms with E-state index >= 15 is 0 Å². The molecular formula is C20H31N4P. The Hall–Kier alpha value is -1.93. The van der Waals surface area contributed by atoms with Gasteiger partial charge in [-0.3, -0.25) is 0 Å². The molecule has 0 aromatic heterocycles. The van der Waals surface area contributed by atoms with Crippen molar-refractivity contribution in [3.8, 4) is 0 Å². The Morgan fingerprint density at radius 2 is 0.720 bits per heavy atom. The maximum absolute atomic E-state index is 2.21. The van der Waals surface area contributed by atoms with Crippen LogP contribution >= 0.6 is 8.58 Å². The van der Waals surface area contributed by atoms with Crippen LogP contribution in [0, 0.1) is 0 Å². The van der Waals surface area contributed by atoms with Gasteiger partial charge >= 0.3 is 0 Å². The van der Waals surface area contributed by atoms with Gasteiger partial charge in [-0.15, -0.1) is 0 Å². The predicted molar refractivity (Wildman–Crippen MR) is 118 cm³/mol. The summed E-state index contributed by atoms with van der Waals surface area (Å²) < 4.78 is 0. The van der Waals surface area contributed by atoms with Crippen molar-refractivity contribution in [3.05, 3.63) is 36.4 Å². The van der Waals surface area contributed by atoms with E-state index in [0.29, 0.717) is 8.58 Å². The summed E-state index contributed by atoms with van der Waals surface area (Å²) in [5.74, 6) is 0. The molecular weight excluding hydrogens is 327 g/mol. The summed E-state index contributed by atoms with van der Waals surface area (Å²) in [6.07, 6.45) is 0. The van der Waals surface area contributed by atoms with Crippen LogP contribution in [0.4, 0.5) is 22.7 Å². The van der Waals surface area contributed by atoms with Crippen molar-refractivity contribution >= 4 is 41.9 Å². The second-order valence-corrected chi connectivity index (χ2v) is 8.30. The van der Waals surface area contributed by atoms with Crippen molar-refractivity contribution in [1.82, 2.24) is 0 Å². The van der Waals surface area contributed by atoms with Crippen molar-refractivity contribution in [2.45, 2.75) is 0 Å². The fourth-order valence-electron chi connectivity index (χ4n) is 2.93. The molecule has 5 heteroatoms. The minimum Gasteiger partial charge on any atom is -0.377 e. The molecule has 0 atom stereocenters. The Bertz CT molecular complexity index is 610. The number of rotatable bonds is 6. The molecule has 0 aliphatic heterocycles. The summed E-state index contributed by atoms with van der Waals surface area (Å²) in [5, 5.41) is 2.77. The van der Waals surface area contributed by atoms with Crippen molar-refractivity contribution in [3.63, 3.8) is 0 Å². The van der Waals surface area contributed by atoms with Gasteiger partial charge in [0.2, 0.25) is 0 Å². The van der Waals surface area contributed by atoms with Crippen molar-refractivity contribution in [1.29, 1.82) is 0 Å². The summed E-state index contributed by atoms with van der Waals surface area (Å²) in [6.45, 7) is 0. The number of hydrogen-bond acceptors (Lipinski definition) is 4. The van der Waals surface area contributed by atoms with Crippen LogP contribution in [0.25, 0.3) is 0 Å². The lowest BCUT2D eigenvalue weighted by molar-refractivity contribution is 1.11. The molecule has 25 heavy (non-hydrogen) atoms. The van der Waals surface area contributed by atoms with Gasteiger partial charge in [0, 0.05) is 89.7 Å². The Labute approximate surface area is 154 Å². The Morgan fingerprint density at radius 3 is 0.920 bits per heavy atom. The van der Waals surface area contributed by atoms with E-state index in [0.717, 1.165) is 0 Å². The van der Waals surface area contributed by atoms with Crippen molar-refractivity contribution in [2.75, 3.05) is 76.0 Å². The van der Waals surface area contributed by atoms with Crippen LogP contribution in [-0.2, 0) is 0 Å². The first kappa shape index (κ1) is 19.4. The van der Waals surface area contributed by atoms with Gasteiger partial charge < -0.3 is 19.6 Å². The Balaban J connectivity index is 2.68. The third kappa shape index (κ3) is 4.19. The van der Waals surface area contributed by atoms with Crippen LogP contribution < -0.4 is 30.2 Å². The normalized spacial score (nSPS) is 10.6. The first-order valence-electron chi connectivity index (χ1n) is 8.46. The average Bonchev–Trinajstić information content (AvgIpc) is 2.54. The number of anilines is 4. The molecule has 0 spiro atoms. The van der Waals surface area contributed by atoms with Crippen LogP contribution in [0.3, 0.4) is 0 Å². The number of benzene rings is 2. The van der Waals surface area contributed by atoms with Crippen LogP contribution in [0.5, 0.6) is 0 Å². The van der Waals surface area contributed by atoms with Gasteiger partial charge in [0.15, 0.2) is 0 Å². The van der Waals surface area contributed by atoms with Gasteiger partial charge in [-0.2, -0.15) is 0 Å². The van der Waals surface area contributed by atoms with Gasteiger partial charge in [0.25, 0.3) is 0 Å². The number of hydrogen-bond donors (Lipinski definition) is 0. The number of nitrogens with zero attached hydrogens (tertiary/aromatic N) is 4. The minimum atomic E-state index is 0.577. The second kappa shape index (κ2) is 7.97. The smallest absolute Gasteiger partial charge is 0.0460 e. The lowest BCUT2D eigenvalue weighted by atomic mass is 10.2. The Morgan fingerprint density at radius 1 is 0.480 bits per heavy atom. The van der Waals surface area contributed by atoms with E-state index in [2.05, 4.69) is 112 Å². The molecule has 0 heterocycles. The highest BCUT2D eigenvalue weighted by molar-refractivity contribution is 7.57. The SMILES string of the molecule is CN(C)c1cccc(N(C)C)c1Pc1c(N(C)C)cccc1N(C)C. The molecule has 0 aliphatic carbocycles. The van der Waals surface area contributed by atoms with E-state index in [4.69, 9.17) is 0 Å². The van der Waals surface area contributed by atoms with E-state index in [1.54, 1.807) is 0 Å². The van der Waals surface area contributed by atoms with Gasteiger partial charge in [0.05, 0.1) is 0 Å². The van der Waals surface area contributed by atoms with E-state index < -0.39 is 0 Å². The molecule has 136 valence electrons. The largest absolute Gasteiger partial charge is 0.377 e. The molecule has 2 aromatic carbocycles. The zero-order valence-corrected chi connectivity index (χ0v) is 17.8. The average molecular weight is 358 g/mol. The van der Waals surface area contributed by atoms with E-state index in [-0.39, 0.29) is 0 Å². The third-order valence-electron chi connectivity index (χ3n) is 4.22. The summed E-state index contributed by atoms with van der Waals surface area (Å²) >= 11 is 0. The predicted octanol–water partition coefficient (Wildman–Crippen LogP) is 2.58. The molecule has 0 aliphatic rings. The third-order valence-corrected chi connectivity index (χ3v) is 5.74. The van der Waals surface area contributed by atoms with Gasteiger partial charge in [0.1, 0.15) is 0 Å². The molecule has 2 rings (SSSR count). The molecule has 0 saturated heterocycles. The summed E-state index contributed by atoms with van der Waals surface area (Å²) in [6, 6.07) is 13.1. The maximum atomic E-state index is 2.21. The molecule has 0 N–H and O–H groups in total. The van der Waals surface area contributed by atoms with Crippen LogP contribution in [0.15, 0.2) is 36.4 Å². The minimum absolute atomic E-state index is 0.577. The van der Waals surface area contributed by atoms with Crippen LogP contribution in [0.2, 0.25) is 0 Å². The zero-order chi connectivity index (χ0) is 18.7.